The molecule has 1 saturated heterocycles. The maximum atomic E-state index is 12.7. The number of aromatic nitrogens is 1. The molecule has 0 atom stereocenters. The van der Waals surface area contributed by atoms with E-state index in [2.05, 4.69) is 27.6 Å². The molecule has 5 nitrogen and oxygen atoms in total. The summed E-state index contributed by atoms with van der Waals surface area (Å²) in [5.74, 6) is 1.02. The van der Waals surface area contributed by atoms with Gasteiger partial charge in [-0.3, -0.25) is 4.79 Å². The Hall–Kier alpha value is -2.31. The number of carbonyl (C=O) groups excluding carboxylic acids is 1. The van der Waals surface area contributed by atoms with Gasteiger partial charge in [0.15, 0.2) is 10.9 Å². The molecule has 2 aromatic rings. The van der Waals surface area contributed by atoms with E-state index in [9.17, 15) is 4.79 Å². The molecular formula is C19H22N4OS. The topological polar surface area (TPSA) is 57.3 Å². The fourth-order valence-corrected chi connectivity index (χ4v) is 3.19. The van der Waals surface area contributed by atoms with Crippen LogP contribution in [0.3, 0.4) is 0 Å². The number of rotatable bonds is 4. The first-order valence-electron chi connectivity index (χ1n) is 8.43. The molecule has 0 radical (unpaired) electrons. The summed E-state index contributed by atoms with van der Waals surface area (Å²) < 4.78 is 0. The van der Waals surface area contributed by atoms with Gasteiger partial charge in [0.05, 0.1) is 0 Å². The SMILES string of the molecule is CN1CCC(C(=O)c2cccc(NC(=S)Nc3ccccn3)c2)CC1. The zero-order valence-electron chi connectivity index (χ0n) is 14.2. The second kappa shape index (κ2) is 8.18. The Labute approximate surface area is 153 Å². The van der Waals surface area contributed by atoms with E-state index in [4.69, 9.17) is 12.2 Å². The number of ketones is 1. The third-order valence-corrected chi connectivity index (χ3v) is 4.60. The van der Waals surface area contributed by atoms with Gasteiger partial charge in [-0.1, -0.05) is 18.2 Å². The maximum Gasteiger partial charge on any atom is 0.176 e. The van der Waals surface area contributed by atoms with Crippen LogP contribution in [0.5, 0.6) is 0 Å². The standard InChI is InChI=1S/C19H22N4OS/c1-23-11-8-14(9-12-23)18(24)15-5-4-6-16(13-15)21-19(25)22-17-7-2-3-10-20-17/h2-7,10,13-14H,8-9,11-12H2,1H3,(H2,20,21,22,25). The van der Waals surface area contributed by atoms with Crippen LogP contribution in [0.15, 0.2) is 48.7 Å². The summed E-state index contributed by atoms with van der Waals surface area (Å²) in [7, 11) is 2.10. The van der Waals surface area contributed by atoms with E-state index >= 15 is 0 Å². The highest BCUT2D eigenvalue weighted by atomic mass is 32.1. The fourth-order valence-electron chi connectivity index (χ4n) is 2.97. The van der Waals surface area contributed by atoms with Gasteiger partial charge in [0.1, 0.15) is 5.82 Å². The molecule has 6 heteroatoms. The second-order valence-electron chi connectivity index (χ2n) is 6.32. The molecule has 130 valence electrons. The average molecular weight is 354 g/mol. The molecule has 0 bridgehead atoms. The number of Topliss-reactive ketones (excluding diaryl/α,β-unsaturated/α-hetero) is 1. The number of likely N-dealkylation sites (tertiary alicyclic amines) is 1. The van der Waals surface area contributed by atoms with Crippen molar-refractivity contribution in [3.05, 3.63) is 54.2 Å². The van der Waals surface area contributed by atoms with E-state index in [-0.39, 0.29) is 11.7 Å². The summed E-state index contributed by atoms with van der Waals surface area (Å²) in [6, 6.07) is 13.1. The largest absolute Gasteiger partial charge is 0.332 e. The van der Waals surface area contributed by atoms with Gasteiger partial charge in [-0.05, 0) is 69.5 Å². The van der Waals surface area contributed by atoms with Crippen molar-refractivity contribution in [1.29, 1.82) is 0 Å². The van der Waals surface area contributed by atoms with Gasteiger partial charge in [0, 0.05) is 23.4 Å². The number of nitrogens with one attached hydrogen (secondary N) is 2. The minimum Gasteiger partial charge on any atom is -0.332 e. The number of hydrogen-bond acceptors (Lipinski definition) is 4. The molecule has 1 aromatic carbocycles. The molecule has 1 aliphatic rings. The summed E-state index contributed by atoms with van der Waals surface area (Å²) in [6.07, 6.45) is 3.55. The lowest BCUT2D eigenvalue weighted by Gasteiger charge is -2.28. The van der Waals surface area contributed by atoms with Gasteiger partial charge in [-0.2, -0.15) is 0 Å². The van der Waals surface area contributed by atoms with Crippen molar-refractivity contribution in [2.45, 2.75) is 12.8 Å². The predicted octanol–water partition coefficient (Wildman–Crippen LogP) is 3.42. The minimum absolute atomic E-state index is 0.116. The average Bonchev–Trinajstić information content (AvgIpc) is 2.63. The molecule has 0 spiro atoms. The molecule has 0 unspecified atom stereocenters. The van der Waals surface area contributed by atoms with Crippen molar-refractivity contribution < 1.29 is 4.79 Å². The Morgan fingerprint density at radius 2 is 1.96 bits per heavy atom. The molecule has 2 heterocycles. The van der Waals surface area contributed by atoms with Crippen LogP contribution in [0, 0.1) is 5.92 Å². The van der Waals surface area contributed by atoms with Gasteiger partial charge in [-0.25, -0.2) is 4.98 Å². The summed E-state index contributed by atoms with van der Waals surface area (Å²) in [4.78, 5) is 19.2. The maximum absolute atomic E-state index is 12.7. The highest BCUT2D eigenvalue weighted by Gasteiger charge is 2.24. The van der Waals surface area contributed by atoms with E-state index < -0.39 is 0 Å². The Bertz CT molecular complexity index is 742. The van der Waals surface area contributed by atoms with Gasteiger partial charge in [0.2, 0.25) is 0 Å². The Balaban J connectivity index is 1.63. The van der Waals surface area contributed by atoms with Crippen LogP contribution < -0.4 is 10.6 Å². The van der Waals surface area contributed by atoms with Crippen molar-refractivity contribution in [2.24, 2.45) is 5.92 Å². The van der Waals surface area contributed by atoms with Crippen LogP contribution in [0.1, 0.15) is 23.2 Å². The zero-order valence-corrected chi connectivity index (χ0v) is 15.1. The molecule has 1 aliphatic heterocycles. The summed E-state index contributed by atoms with van der Waals surface area (Å²) >= 11 is 5.31. The Kier molecular flexibility index (Phi) is 5.73. The Morgan fingerprint density at radius 1 is 1.16 bits per heavy atom. The molecule has 1 aromatic heterocycles. The van der Waals surface area contributed by atoms with Crippen molar-refractivity contribution in [1.82, 2.24) is 9.88 Å². The van der Waals surface area contributed by atoms with Gasteiger partial charge in [0.25, 0.3) is 0 Å². The molecular weight excluding hydrogens is 332 g/mol. The third kappa shape index (κ3) is 4.84. The smallest absolute Gasteiger partial charge is 0.176 e. The van der Waals surface area contributed by atoms with Crippen LogP contribution in [-0.2, 0) is 0 Å². The van der Waals surface area contributed by atoms with E-state index in [0.717, 1.165) is 37.2 Å². The van der Waals surface area contributed by atoms with Crippen LogP contribution in [0.25, 0.3) is 0 Å². The van der Waals surface area contributed by atoms with Crippen LogP contribution >= 0.6 is 12.2 Å². The summed E-state index contributed by atoms with van der Waals surface area (Å²) in [5.41, 5.74) is 1.53. The first-order chi connectivity index (χ1) is 12.1. The number of piperidine rings is 1. The number of thiocarbonyl (C=S) groups is 1. The van der Waals surface area contributed by atoms with Crippen molar-refractivity contribution in [3.63, 3.8) is 0 Å². The molecule has 0 aliphatic carbocycles. The normalized spacial score (nSPS) is 15.6. The monoisotopic (exact) mass is 354 g/mol. The van der Waals surface area contributed by atoms with E-state index in [1.165, 1.54) is 0 Å². The van der Waals surface area contributed by atoms with Crippen LogP contribution in [-0.4, -0.2) is 40.9 Å². The minimum atomic E-state index is 0.116. The lowest BCUT2D eigenvalue weighted by atomic mass is 9.89. The lowest BCUT2D eigenvalue weighted by Crippen LogP contribution is -2.33. The van der Waals surface area contributed by atoms with E-state index in [1.54, 1.807) is 6.20 Å². The Morgan fingerprint density at radius 3 is 2.68 bits per heavy atom. The number of anilines is 2. The molecule has 1 fully saturated rings. The van der Waals surface area contributed by atoms with Crippen LogP contribution in [0.2, 0.25) is 0 Å². The van der Waals surface area contributed by atoms with Gasteiger partial charge < -0.3 is 15.5 Å². The number of hydrogen-bond donors (Lipinski definition) is 2. The molecule has 3 rings (SSSR count). The summed E-state index contributed by atoms with van der Waals surface area (Å²) in [6.45, 7) is 1.96. The van der Waals surface area contributed by atoms with Gasteiger partial charge in [-0.15, -0.1) is 0 Å². The second-order valence-corrected chi connectivity index (χ2v) is 6.72. The molecule has 2 N–H and O–H groups in total. The van der Waals surface area contributed by atoms with Crippen LogP contribution in [0.4, 0.5) is 11.5 Å². The number of pyridine rings is 1. The van der Waals surface area contributed by atoms with Gasteiger partial charge >= 0.3 is 0 Å². The lowest BCUT2D eigenvalue weighted by molar-refractivity contribution is 0.0857. The zero-order chi connectivity index (χ0) is 17.6. The first kappa shape index (κ1) is 17.5. The molecule has 25 heavy (non-hydrogen) atoms. The van der Waals surface area contributed by atoms with E-state index in [1.807, 2.05) is 42.5 Å². The summed E-state index contributed by atoms with van der Waals surface area (Å²) in [5, 5.41) is 6.59. The third-order valence-electron chi connectivity index (χ3n) is 4.40. The molecule has 0 saturated carbocycles. The highest BCUT2D eigenvalue weighted by molar-refractivity contribution is 7.80. The predicted molar refractivity (Wildman–Crippen MR) is 105 cm³/mol. The fraction of sp³-hybridized carbons (Fsp3) is 0.316. The van der Waals surface area contributed by atoms with Crippen molar-refractivity contribution >= 4 is 34.6 Å². The van der Waals surface area contributed by atoms with Crippen molar-refractivity contribution in [3.8, 4) is 0 Å². The highest BCUT2D eigenvalue weighted by Crippen LogP contribution is 2.22. The van der Waals surface area contributed by atoms with E-state index in [0.29, 0.717) is 10.9 Å². The number of benzene rings is 1. The molecule has 0 amide bonds. The quantitative estimate of drug-likeness (QED) is 0.648. The number of nitrogens with zero attached hydrogens (tertiary/aromatic N) is 2. The number of carbonyl (C=O) groups is 1. The van der Waals surface area contributed by atoms with Crippen molar-refractivity contribution in [2.75, 3.05) is 30.8 Å². The first-order valence-corrected chi connectivity index (χ1v) is 8.84.